The molecule has 2 fully saturated rings. The van der Waals surface area contributed by atoms with Crippen LogP contribution < -0.4 is 5.32 Å². The van der Waals surface area contributed by atoms with E-state index in [1.807, 2.05) is 37.3 Å². The molecular weight excluding hydrogens is 380 g/mol. The first-order valence-electron chi connectivity index (χ1n) is 10.9. The summed E-state index contributed by atoms with van der Waals surface area (Å²) in [6.07, 6.45) is 3.09. The lowest BCUT2D eigenvalue weighted by molar-refractivity contribution is -0.131. The number of likely N-dealkylation sites (tertiary alicyclic amines) is 1. The first kappa shape index (κ1) is 22.1. The number of hydrogen-bond donors (Lipinski definition) is 2. The lowest BCUT2D eigenvalue weighted by Crippen LogP contribution is -2.45. The largest absolute Gasteiger partial charge is 0.445 e. The van der Waals surface area contributed by atoms with Crippen molar-refractivity contribution in [2.45, 2.75) is 58.6 Å². The first-order valence-corrected chi connectivity index (χ1v) is 10.9. The van der Waals surface area contributed by atoms with Gasteiger partial charge in [-0.15, -0.1) is 0 Å². The highest BCUT2D eigenvalue weighted by Crippen LogP contribution is 2.27. The third-order valence-corrected chi connectivity index (χ3v) is 6.04. The number of ether oxygens (including phenoxy) is 1. The van der Waals surface area contributed by atoms with Crippen molar-refractivity contribution in [3.63, 3.8) is 0 Å². The molecule has 2 aliphatic rings. The molecule has 2 saturated heterocycles. The minimum absolute atomic E-state index is 0.00289. The molecule has 2 amide bonds. The molecule has 2 heterocycles. The molecule has 3 rings (SSSR count). The molecule has 0 aromatic heterocycles. The van der Waals surface area contributed by atoms with E-state index in [1.165, 1.54) is 0 Å². The van der Waals surface area contributed by atoms with Gasteiger partial charge >= 0.3 is 6.09 Å². The Balaban J connectivity index is 1.41. The summed E-state index contributed by atoms with van der Waals surface area (Å²) in [5.41, 5.74) is 0.313. The topological polar surface area (TPSA) is 85.7 Å². The number of amides is 2. The van der Waals surface area contributed by atoms with Crippen LogP contribution in [0.4, 0.5) is 4.79 Å². The fraction of sp³-hybridized carbons (Fsp3) is 0.609. The number of carbonyl (C=O) groups is 2. The second-order valence-corrected chi connectivity index (χ2v) is 9.12. The molecule has 2 aliphatic heterocycles. The zero-order valence-corrected chi connectivity index (χ0v) is 18.3. The van der Waals surface area contributed by atoms with Crippen molar-refractivity contribution in [1.82, 2.24) is 15.1 Å². The summed E-state index contributed by atoms with van der Waals surface area (Å²) in [7, 11) is 0. The van der Waals surface area contributed by atoms with Gasteiger partial charge in [0.05, 0.1) is 0 Å². The number of nitrogens with one attached hydrogen (secondary N) is 2. The van der Waals surface area contributed by atoms with Gasteiger partial charge in [-0.3, -0.25) is 15.1 Å². The number of nitrogens with zero attached hydrogens (tertiary/aromatic N) is 2. The van der Waals surface area contributed by atoms with E-state index in [1.54, 1.807) is 9.80 Å². The van der Waals surface area contributed by atoms with E-state index in [2.05, 4.69) is 19.2 Å². The lowest BCUT2D eigenvalue weighted by Gasteiger charge is -2.32. The quantitative estimate of drug-likeness (QED) is 0.714. The zero-order valence-electron chi connectivity index (χ0n) is 18.3. The molecule has 1 aromatic carbocycles. The number of rotatable bonds is 7. The lowest BCUT2D eigenvalue weighted by atomic mass is 9.90. The Morgan fingerprint density at radius 3 is 2.57 bits per heavy atom. The van der Waals surface area contributed by atoms with Gasteiger partial charge in [0.1, 0.15) is 12.1 Å². The molecule has 0 aliphatic carbocycles. The Morgan fingerprint density at radius 2 is 1.93 bits per heavy atom. The molecule has 2 N–H and O–H groups in total. The predicted molar refractivity (Wildman–Crippen MR) is 116 cm³/mol. The molecule has 1 aromatic rings. The third kappa shape index (κ3) is 5.32. The Bertz CT molecular complexity index is 759. The fourth-order valence-corrected chi connectivity index (χ4v) is 4.48. The second kappa shape index (κ2) is 9.49. The van der Waals surface area contributed by atoms with Gasteiger partial charge in [0.2, 0.25) is 0 Å². The van der Waals surface area contributed by atoms with Crippen molar-refractivity contribution in [3.8, 4) is 0 Å². The highest BCUT2D eigenvalue weighted by Gasteiger charge is 2.45. The Hall–Kier alpha value is -2.57. The first-order chi connectivity index (χ1) is 14.3. The average Bonchev–Trinajstić information content (AvgIpc) is 2.93. The minimum Gasteiger partial charge on any atom is -0.445 e. The number of carbonyl (C=O) groups excluding carboxylic acids is 2. The number of guanidine groups is 1. The molecule has 7 heteroatoms. The predicted octanol–water partition coefficient (Wildman–Crippen LogP) is 3.60. The van der Waals surface area contributed by atoms with Gasteiger partial charge < -0.3 is 15.0 Å². The van der Waals surface area contributed by atoms with Crippen LogP contribution in [0, 0.1) is 17.2 Å². The van der Waals surface area contributed by atoms with E-state index in [0.29, 0.717) is 44.5 Å². The summed E-state index contributed by atoms with van der Waals surface area (Å²) in [4.78, 5) is 28.5. The minimum atomic E-state index is -0.670. The molecule has 30 heavy (non-hydrogen) atoms. The van der Waals surface area contributed by atoms with Crippen LogP contribution in [0.2, 0.25) is 0 Å². The van der Waals surface area contributed by atoms with Crippen molar-refractivity contribution in [1.29, 1.82) is 5.41 Å². The normalized spacial score (nSPS) is 22.5. The third-order valence-electron chi connectivity index (χ3n) is 6.04. The zero-order chi connectivity index (χ0) is 21.7. The van der Waals surface area contributed by atoms with Crippen molar-refractivity contribution < 1.29 is 14.3 Å². The molecule has 1 unspecified atom stereocenters. The Kier molecular flexibility index (Phi) is 7.00. The number of piperidine rings is 1. The molecule has 0 bridgehead atoms. The van der Waals surface area contributed by atoms with Gasteiger partial charge in [0.25, 0.3) is 5.91 Å². The van der Waals surface area contributed by atoms with E-state index < -0.39 is 5.54 Å². The van der Waals surface area contributed by atoms with Gasteiger partial charge in [0, 0.05) is 19.6 Å². The van der Waals surface area contributed by atoms with Crippen LogP contribution in [-0.2, 0) is 16.1 Å². The molecule has 7 nitrogen and oxygen atoms in total. The summed E-state index contributed by atoms with van der Waals surface area (Å²) >= 11 is 0. The summed E-state index contributed by atoms with van der Waals surface area (Å²) in [6.45, 7) is 8.27. The van der Waals surface area contributed by atoms with E-state index in [0.717, 1.165) is 24.8 Å². The monoisotopic (exact) mass is 414 g/mol. The molecule has 0 spiro atoms. The maximum Gasteiger partial charge on any atom is 0.410 e. The van der Waals surface area contributed by atoms with Crippen molar-refractivity contribution in [2.24, 2.45) is 11.8 Å². The second-order valence-electron chi connectivity index (χ2n) is 9.12. The molecule has 0 saturated carbocycles. The van der Waals surface area contributed by atoms with Gasteiger partial charge in [-0.25, -0.2) is 4.79 Å². The summed E-state index contributed by atoms with van der Waals surface area (Å²) < 4.78 is 5.42. The SMILES string of the molecule is CC(C)CC1(C)NC(=N)N(CCC2CCN(C(=O)OCc3ccccc3)CC2)C1=O. The highest BCUT2D eigenvalue weighted by atomic mass is 16.6. The number of hydrogen-bond acceptors (Lipinski definition) is 4. The van der Waals surface area contributed by atoms with Crippen molar-refractivity contribution in [3.05, 3.63) is 35.9 Å². The van der Waals surface area contributed by atoms with Crippen LogP contribution in [0.3, 0.4) is 0 Å². The van der Waals surface area contributed by atoms with Crippen LogP contribution in [-0.4, -0.2) is 52.9 Å². The maximum absolute atomic E-state index is 12.8. The average molecular weight is 415 g/mol. The van der Waals surface area contributed by atoms with Crippen molar-refractivity contribution in [2.75, 3.05) is 19.6 Å². The smallest absolute Gasteiger partial charge is 0.410 e. The number of benzene rings is 1. The van der Waals surface area contributed by atoms with Crippen LogP contribution >= 0.6 is 0 Å². The molecule has 164 valence electrons. The van der Waals surface area contributed by atoms with E-state index in [9.17, 15) is 9.59 Å². The van der Waals surface area contributed by atoms with Gasteiger partial charge in [-0.1, -0.05) is 44.2 Å². The molecular formula is C23H34N4O3. The molecule has 1 atom stereocenters. The van der Waals surface area contributed by atoms with E-state index in [-0.39, 0.29) is 18.0 Å². The van der Waals surface area contributed by atoms with E-state index >= 15 is 0 Å². The Morgan fingerprint density at radius 1 is 1.27 bits per heavy atom. The van der Waals surface area contributed by atoms with E-state index in [4.69, 9.17) is 10.1 Å². The standard InChI is InChI=1S/C23H34N4O3/c1-17(2)15-23(3)20(28)27(21(24)25-23)14-11-18-9-12-26(13-10-18)22(29)30-16-19-7-5-4-6-8-19/h4-8,17-18H,9-16H2,1-3H3,(H2,24,25). The van der Waals surface area contributed by atoms with Crippen LogP contribution in [0.5, 0.6) is 0 Å². The summed E-state index contributed by atoms with van der Waals surface area (Å²) in [5.74, 6) is 1.04. The van der Waals surface area contributed by atoms with Gasteiger partial charge in [0.15, 0.2) is 5.96 Å². The van der Waals surface area contributed by atoms with Crippen molar-refractivity contribution >= 4 is 18.0 Å². The fourth-order valence-electron chi connectivity index (χ4n) is 4.48. The summed E-state index contributed by atoms with van der Waals surface area (Å²) in [5, 5.41) is 11.3. The Labute approximate surface area is 179 Å². The van der Waals surface area contributed by atoms with Crippen LogP contribution in [0.25, 0.3) is 0 Å². The molecule has 0 radical (unpaired) electrons. The van der Waals surface area contributed by atoms with Crippen LogP contribution in [0.15, 0.2) is 30.3 Å². The van der Waals surface area contributed by atoms with Gasteiger partial charge in [-0.2, -0.15) is 0 Å². The highest BCUT2D eigenvalue weighted by molar-refractivity contribution is 6.07. The van der Waals surface area contributed by atoms with Gasteiger partial charge in [-0.05, 0) is 50.0 Å². The summed E-state index contributed by atoms with van der Waals surface area (Å²) in [6, 6.07) is 9.68. The maximum atomic E-state index is 12.8. The van der Waals surface area contributed by atoms with Crippen LogP contribution in [0.1, 0.15) is 52.0 Å².